The summed E-state index contributed by atoms with van der Waals surface area (Å²) in [6.45, 7) is 1.79. The zero-order chi connectivity index (χ0) is 23.3. The van der Waals surface area contributed by atoms with Gasteiger partial charge in [0.25, 0.3) is 10.0 Å². The molecule has 1 atom stereocenters. The highest BCUT2D eigenvalue weighted by Crippen LogP contribution is 2.31. The topological polar surface area (TPSA) is 84.5 Å². The molecule has 6 nitrogen and oxygen atoms in total. The van der Waals surface area contributed by atoms with Crippen molar-refractivity contribution < 1.29 is 17.9 Å². The highest BCUT2D eigenvalue weighted by Gasteiger charge is 2.18. The Morgan fingerprint density at radius 1 is 1.00 bits per heavy atom. The predicted octanol–water partition coefficient (Wildman–Crippen LogP) is 5.92. The normalized spacial score (nSPS) is 12.1. The van der Waals surface area contributed by atoms with Gasteiger partial charge in [-0.1, -0.05) is 29.3 Å². The molecule has 1 unspecified atom stereocenters. The van der Waals surface area contributed by atoms with E-state index in [9.17, 15) is 13.2 Å². The largest absolute Gasteiger partial charge is 0.497 e. The first-order chi connectivity index (χ1) is 15.2. The Balaban J connectivity index is 1.64. The summed E-state index contributed by atoms with van der Waals surface area (Å²) in [5.74, 6) is 0.541. The second kappa shape index (κ2) is 10.5. The molecule has 168 valence electrons. The number of thioether (sulfide) groups is 1. The quantitative estimate of drug-likeness (QED) is 0.367. The molecule has 0 radical (unpaired) electrons. The summed E-state index contributed by atoms with van der Waals surface area (Å²) >= 11 is 13.4. The highest BCUT2D eigenvalue weighted by atomic mass is 35.5. The molecule has 0 aliphatic carbocycles. The van der Waals surface area contributed by atoms with Gasteiger partial charge in [-0.05, 0) is 67.6 Å². The first-order valence-electron chi connectivity index (χ1n) is 9.38. The van der Waals surface area contributed by atoms with Crippen LogP contribution in [0.5, 0.6) is 5.75 Å². The lowest BCUT2D eigenvalue weighted by molar-refractivity contribution is -0.115. The summed E-state index contributed by atoms with van der Waals surface area (Å²) in [5.41, 5.74) is 0.665. The summed E-state index contributed by atoms with van der Waals surface area (Å²) in [6, 6.07) is 17.9. The van der Waals surface area contributed by atoms with Crippen molar-refractivity contribution in [2.24, 2.45) is 0 Å². The number of carbonyl (C=O) groups excluding carboxylic acids is 1. The molecule has 0 aliphatic heterocycles. The van der Waals surface area contributed by atoms with Crippen LogP contribution < -0.4 is 14.8 Å². The van der Waals surface area contributed by atoms with Gasteiger partial charge in [-0.2, -0.15) is 0 Å². The van der Waals surface area contributed by atoms with Crippen molar-refractivity contribution in [1.82, 2.24) is 0 Å². The lowest BCUT2D eigenvalue weighted by atomic mass is 10.3. The van der Waals surface area contributed by atoms with Crippen molar-refractivity contribution >= 4 is 62.3 Å². The van der Waals surface area contributed by atoms with Crippen LogP contribution in [0.1, 0.15) is 6.92 Å². The van der Waals surface area contributed by atoms with Gasteiger partial charge >= 0.3 is 0 Å². The molecule has 1 amide bonds. The van der Waals surface area contributed by atoms with E-state index in [4.69, 9.17) is 27.9 Å². The standard InChI is InChI=1S/C22H20Cl2N2O4S2/c1-14(31-17-10-8-16(30-2)9-11-17)22(27)25-15-6-12-18(13-7-15)32(28,29)26-20-5-3-4-19(23)21(20)24/h3-14,26H,1-2H3,(H,25,27). The maximum atomic E-state index is 12.6. The molecule has 3 aromatic carbocycles. The fourth-order valence-corrected chi connectivity index (χ4v) is 5.00. The van der Waals surface area contributed by atoms with Crippen LogP contribution in [0.3, 0.4) is 0 Å². The maximum Gasteiger partial charge on any atom is 0.261 e. The van der Waals surface area contributed by atoms with Crippen molar-refractivity contribution in [3.05, 3.63) is 76.8 Å². The number of benzene rings is 3. The second-order valence-electron chi connectivity index (χ2n) is 6.66. The summed E-state index contributed by atoms with van der Waals surface area (Å²) in [7, 11) is -2.29. The fraction of sp³-hybridized carbons (Fsp3) is 0.136. The predicted molar refractivity (Wildman–Crippen MR) is 131 cm³/mol. The van der Waals surface area contributed by atoms with E-state index in [1.807, 2.05) is 24.3 Å². The fourth-order valence-electron chi connectivity index (χ4n) is 2.66. The average molecular weight is 511 g/mol. The molecule has 3 aromatic rings. The molecule has 3 rings (SSSR count). The van der Waals surface area contributed by atoms with E-state index < -0.39 is 10.0 Å². The first-order valence-corrected chi connectivity index (χ1v) is 12.5. The van der Waals surface area contributed by atoms with E-state index in [0.717, 1.165) is 10.6 Å². The third-order valence-corrected chi connectivity index (χ3v) is 7.68. The van der Waals surface area contributed by atoms with Gasteiger partial charge < -0.3 is 10.1 Å². The number of halogens is 2. The number of rotatable bonds is 8. The number of anilines is 2. The van der Waals surface area contributed by atoms with E-state index >= 15 is 0 Å². The average Bonchev–Trinajstić information content (AvgIpc) is 2.77. The molecule has 0 saturated heterocycles. The highest BCUT2D eigenvalue weighted by molar-refractivity contribution is 8.00. The van der Waals surface area contributed by atoms with E-state index in [0.29, 0.717) is 5.69 Å². The van der Waals surface area contributed by atoms with Crippen molar-refractivity contribution in [1.29, 1.82) is 0 Å². The van der Waals surface area contributed by atoms with Crippen LogP contribution in [0.15, 0.2) is 76.5 Å². The summed E-state index contributed by atoms with van der Waals surface area (Å²) in [4.78, 5) is 13.5. The molecular formula is C22H20Cl2N2O4S2. The van der Waals surface area contributed by atoms with Crippen LogP contribution in [0.25, 0.3) is 0 Å². The van der Waals surface area contributed by atoms with E-state index in [1.54, 1.807) is 26.2 Å². The van der Waals surface area contributed by atoms with Gasteiger partial charge in [0.15, 0.2) is 0 Å². The second-order valence-corrected chi connectivity index (χ2v) is 10.5. The number of methoxy groups -OCH3 is 1. The third-order valence-electron chi connectivity index (χ3n) is 4.37. The number of hydrogen-bond acceptors (Lipinski definition) is 5. The van der Waals surface area contributed by atoms with E-state index in [-0.39, 0.29) is 31.8 Å². The maximum absolute atomic E-state index is 12.6. The number of hydrogen-bond donors (Lipinski definition) is 2. The van der Waals surface area contributed by atoms with Crippen LogP contribution in [0, 0.1) is 0 Å². The lowest BCUT2D eigenvalue weighted by Gasteiger charge is -2.13. The minimum absolute atomic E-state index is 0.0206. The minimum atomic E-state index is -3.88. The van der Waals surface area contributed by atoms with Crippen molar-refractivity contribution in [3.8, 4) is 5.75 Å². The molecular weight excluding hydrogens is 491 g/mol. The number of amides is 1. The van der Waals surface area contributed by atoms with Crippen LogP contribution >= 0.6 is 35.0 Å². The van der Waals surface area contributed by atoms with Gasteiger partial charge in [0, 0.05) is 10.6 Å². The van der Waals surface area contributed by atoms with Crippen molar-refractivity contribution in [3.63, 3.8) is 0 Å². The van der Waals surface area contributed by atoms with Crippen LogP contribution in [-0.4, -0.2) is 26.7 Å². The van der Waals surface area contributed by atoms with Gasteiger partial charge in [-0.25, -0.2) is 8.42 Å². The number of carbonyl (C=O) groups is 1. The molecule has 32 heavy (non-hydrogen) atoms. The molecule has 0 aromatic heterocycles. The Bertz CT molecular complexity index is 1200. The summed E-state index contributed by atoms with van der Waals surface area (Å²) in [5, 5.41) is 2.79. The van der Waals surface area contributed by atoms with Crippen LogP contribution in [0.2, 0.25) is 10.0 Å². The Kier molecular flexibility index (Phi) is 7.95. The molecule has 10 heteroatoms. The van der Waals surface area contributed by atoms with Crippen molar-refractivity contribution in [2.75, 3.05) is 17.1 Å². The van der Waals surface area contributed by atoms with Crippen LogP contribution in [0.4, 0.5) is 11.4 Å². The molecule has 0 fully saturated rings. The number of sulfonamides is 1. The Morgan fingerprint density at radius 2 is 1.66 bits per heavy atom. The molecule has 0 aliphatic rings. The smallest absolute Gasteiger partial charge is 0.261 e. The van der Waals surface area contributed by atoms with Crippen LogP contribution in [-0.2, 0) is 14.8 Å². The molecule has 2 N–H and O–H groups in total. The van der Waals surface area contributed by atoms with E-state index in [1.165, 1.54) is 42.1 Å². The lowest BCUT2D eigenvalue weighted by Crippen LogP contribution is -2.22. The SMILES string of the molecule is COc1ccc(SC(C)C(=O)Nc2ccc(S(=O)(=O)Nc3cccc(Cl)c3Cl)cc2)cc1. The van der Waals surface area contributed by atoms with Gasteiger partial charge in [0.2, 0.25) is 5.91 Å². The Morgan fingerprint density at radius 3 is 2.28 bits per heavy atom. The van der Waals surface area contributed by atoms with Gasteiger partial charge in [-0.15, -0.1) is 11.8 Å². The summed E-state index contributed by atoms with van der Waals surface area (Å²) < 4.78 is 32.8. The van der Waals surface area contributed by atoms with Crippen molar-refractivity contribution in [2.45, 2.75) is 22.0 Å². The van der Waals surface area contributed by atoms with Gasteiger partial charge in [0.05, 0.1) is 33.0 Å². The van der Waals surface area contributed by atoms with E-state index in [2.05, 4.69) is 10.0 Å². The summed E-state index contributed by atoms with van der Waals surface area (Å²) in [6.07, 6.45) is 0. The monoisotopic (exact) mass is 510 g/mol. The number of ether oxygens (including phenoxy) is 1. The number of nitrogens with one attached hydrogen (secondary N) is 2. The zero-order valence-corrected chi connectivity index (χ0v) is 20.3. The van der Waals surface area contributed by atoms with Gasteiger partial charge in [-0.3, -0.25) is 9.52 Å². The molecule has 0 bridgehead atoms. The van der Waals surface area contributed by atoms with Gasteiger partial charge in [0.1, 0.15) is 5.75 Å². The molecule has 0 saturated carbocycles. The minimum Gasteiger partial charge on any atom is -0.497 e. The first kappa shape index (κ1) is 24.3. The Labute approximate surface area is 201 Å². The molecule has 0 heterocycles. The molecule has 0 spiro atoms. The zero-order valence-electron chi connectivity index (χ0n) is 17.1. The third kappa shape index (κ3) is 6.10. The Hall–Kier alpha value is -2.39.